The number of nitrogens with one attached hydrogen (secondary N) is 2. The Kier molecular flexibility index (Phi) is 4.55. The van der Waals surface area contributed by atoms with Gasteiger partial charge < -0.3 is 16.4 Å². The Labute approximate surface area is 122 Å². The van der Waals surface area contributed by atoms with E-state index in [9.17, 15) is 9.59 Å². The van der Waals surface area contributed by atoms with E-state index >= 15 is 0 Å². The molecule has 110 valence electrons. The lowest BCUT2D eigenvalue weighted by atomic mass is 10.2. The zero-order chi connectivity index (χ0) is 15.2. The van der Waals surface area contributed by atoms with E-state index in [2.05, 4.69) is 15.7 Å². The van der Waals surface area contributed by atoms with Gasteiger partial charge in [-0.2, -0.15) is 5.10 Å². The fourth-order valence-corrected chi connectivity index (χ4v) is 1.81. The average Bonchev–Trinajstić information content (AvgIpc) is 2.98. The third kappa shape index (κ3) is 4.07. The summed E-state index contributed by atoms with van der Waals surface area (Å²) in [5.74, 6) is -0.287. The van der Waals surface area contributed by atoms with Crippen LogP contribution in [-0.2, 0) is 11.3 Å². The van der Waals surface area contributed by atoms with Gasteiger partial charge in [-0.25, -0.2) is 9.48 Å². The highest BCUT2D eigenvalue weighted by Gasteiger charge is 2.13. The highest BCUT2D eigenvalue weighted by molar-refractivity contribution is 5.86. The number of carbonyl (C=O) groups excluding carboxylic acids is 2. The van der Waals surface area contributed by atoms with Crippen LogP contribution in [0, 0.1) is 0 Å². The summed E-state index contributed by atoms with van der Waals surface area (Å²) < 4.78 is 1.75. The van der Waals surface area contributed by atoms with Gasteiger partial charge in [-0.1, -0.05) is 12.1 Å². The minimum atomic E-state index is -0.721. The molecule has 1 aromatic carbocycles. The van der Waals surface area contributed by atoms with Crippen molar-refractivity contribution in [1.82, 2.24) is 20.4 Å². The molecule has 0 unspecified atom stereocenters. The molecule has 0 aliphatic carbocycles. The minimum absolute atomic E-state index is 0.287. The van der Waals surface area contributed by atoms with Gasteiger partial charge in [0.2, 0.25) is 5.91 Å². The molecule has 0 saturated carbocycles. The van der Waals surface area contributed by atoms with E-state index in [1.807, 2.05) is 36.5 Å². The van der Waals surface area contributed by atoms with E-state index < -0.39 is 12.1 Å². The Morgan fingerprint density at radius 3 is 2.62 bits per heavy atom. The highest BCUT2D eigenvalue weighted by atomic mass is 16.2. The number of rotatable bonds is 5. The van der Waals surface area contributed by atoms with E-state index in [0.29, 0.717) is 6.54 Å². The summed E-state index contributed by atoms with van der Waals surface area (Å²) in [5.41, 5.74) is 6.86. The van der Waals surface area contributed by atoms with Gasteiger partial charge in [-0.15, -0.1) is 0 Å². The van der Waals surface area contributed by atoms with E-state index in [0.717, 1.165) is 11.3 Å². The van der Waals surface area contributed by atoms with Crippen molar-refractivity contribution >= 4 is 11.9 Å². The third-order valence-electron chi connectivity index (χ3n) is 2.92. The number of benzene rings is 1. The highest BCUT2D eigenvalue weighted by Crippen LogP contribution is 2.08. The Hall–Kier alpha value is -2.83. The monoisotopic (exact) mass is 287 g/mol. The van der Waals surface area contributed by atoms with Gasteiger partial charge in [0, 0.05) is 18.9 Å². The maximum absolute atomic E-state index is 11.7. The first-order valence-corrected chi connectivity index (χ1v) is 6.49. The first kappa shape index (κ1) is 14.6. The van der Waals surface area contributed by atoms with Crippen molar-refractivity contribution < 1.29 is 9.59 Å². The summed E-state index contributed by atoms with van der Waals surface area (Å²) in [5, 5.41) is 9.18. The number of amides is 3. The summed E-state index contributed by atoms with van der Waals surface area (Å²) in [7, 11) is 0. The molecule has 0 bridgehead atoms. The molecule has 2 rings (SSSR count). The van der Waals surface area contributed by atoms with Crippen molar-refractivity contribution in [3.8, 4) is 5.69 Å². The molecule has 1 heterocycles. The van der Waals surface area contributed by atoms with Crippen LogP contribution in [0.2, 0.25) is 0 Å². The van der Waals surface area contributed by atoms with Crippen LogP contribution >= 0.6 is 0 Å². The molecular formula is C14H17N5O2. The number of hydrogen-bond acceptors (Lipinski definition) is 3. The number of carbonyl (C=O) groups is 2. The van der Waals surface area contributed by atoms with Gasteiger partial charge in [0.15, 0.2) is 0 Å². The Morgan fingerprint density at radius 2 is 2.05 bits per heavy atom. The molecule has 0 spiro atoms. The zero-order valence-electron chi connectivity index (χ0n) is 11.6. The quantitative estimate of drug-likeness (QED) is 0.748. The van der Waals surface area contributed by atoms with Crippen molar-refractivity contribution in [2.24, 2.45) is 5.73 Å². The molecular weight excluding hydrogens is 270 g/mol. The molecule has 4 N–H and O–H groups in total. The average molecular weight is 287 g/mol. The molecule has 0 saturated heterocycles. The lowest BCUT2D eigenvalue weighted by molar-refractivity contribution is -0.122. The maximum Gasteiger partial charge on any atom is 0.312 e. The second-order valence-electron chi connectivity index (χ2n) is 4.57. The fourth-order valence-electron chi connectivity index (χ4n) is 1.81. The SMILES string of the molecule is C[C@H](NC(N)=O)C(=O)NCc1ccc(-n2cccn2)cc1. The van der Waals surface area contributed by atoms with Gasteiger partial charge in [0.1, 0.15) is 6.04 Å². The van der Waals surface area contributed by atoms with Gasteiger partial charge in [0.25, 0.3) is 0 Å². The van der Waals surface area contributed by atoms with Crippen LogP contribution in [0.3, 0.4) is 0 Å². The lowest BCUT2D eigenvalue weighted by Gasteiger charge is -2.12. The number of nitrogens with zero attached hydrogens (tertiary/aromatic N) is 2. The molecule has 2 aromatic rings. The zero-order valence-corrected chi connectivity index (χ0v) is 11.6. The number of aromatic nitrogens is 2. The third-order valence-corrected chi connectivity index (χ3v) is 2.92. The van der Waals surface area contributed by atoms with Crippen LogP contribution in [0.1, 0.15) is 12.5 Å². The van der Waals surface area contributed by atoms with Crippen LogP contribution in [0.4, 0.5) is 4.79 Å². The van der Waals surface area contributed by atoms with E-state index in [1.165, 1.54) is 0 Å². The van der Waals surface area contributed by atoms with Gasteiger partial charge in [0.05, 0.1) is 5.69 Å². The molecule has 3 amide bonds. The molecule has 1 atom stereocenters. The van der Waals surface area contributed by atoms with Crippen LogP contribution in [0.5, 0.6) is 0 Å². The van der Waals surface area contributed by atoms with Crippen LogP contribution in [0.15, 0.2) is 42.7 Å². The molecule has 0 radical (unpaired) electrons. The summed E-state index contributed by atoms with van der Waals surface area (Å²) in [6.07, 6.45) is 3.56. The van der Waals surface area contributed by atoms with Crippen molar-refractivity contribution in [2.75, 3.05) is 0 Å². The molecule has 1 aromatic heterocycles. The van der Waals surface area contributed by atoms with Gasteiger partial charge in [-0.05, 0) is 30.7 Å². The van der Waals surface area contributed by atoms with Crippen molar-refractivity contribution in [2.45, 2.75) is 19.5 Å². The molecule has 21 heavy (non-hydrogen) atoms. The normalized spacial score (nSPS) is 11.7. The maximum atomic E-state index is 11.7. The van der Waals surface area contributed by atoms with Crippen LogP contribution in [0.25, 0.3) is 5.69 Å². The Balaban J connectivity index is 1.89. The fraction of sp³-hybridized carbons (Fsp3) is 0.214. The van der Waals surface area contributed by atoms with E-state index in [-0.39, 0.29) is 5.91 Å². The van der Waals surface area contributed by atoms with E-state index in [4.69, 9.17) is 5.73 Å². The number of nitrogens with two attached hydrogens (primary N) is 1. The second-order valence-corrected chi connectivity index (χ2v) is 4.57. The first-order chi connectivity index (χ1) is 10.1. The summed E-state index contributed by atoms with van der Waals surface area (Å²) in [4.78, 5) is 22.4. The summed E-state index contributed by atoms with van der Waals surface area (Å²) in [6, 6.07) is 8.11. The predicted molar refractivity (Wildman–Crippen MR) is 77.6 cm³/mol. The van der Waals surface area contributed by atoms with Gasteiger partial charge in [-0.3, -0.25) is 4.79 Å². The predicted octanol–water partition coefficient (Wildman–Crippen LogP) is 0.545. The number of hydrogen-bond donors (Lipinski definition) is 3. The summed E-state index contributed by atoms with van der Waals surface area (Å²) in [6.45, 7) is 1.95. The smallest absolute Gasteiger partial charge is 0.312 e. The molecule has 0 aliphatic rings. The largest absolute Gasteiger partial charge is 0.352 e. The molecule has 0 fully saturated rings. The first-order valence-electron chi connectivity index (χ1n) is 6.49. The van der Waals surface area contributed by atoms with Crippen molar-refractivity contribution in [3.63, 3.8) is 0 Å². The standard InChI is InChI=1S/C14H17N5O2/c1-10(18-14(15)21)13(20)16-9-11-3-5-12(6-4-11)19-8-2-7-17-19/h2-8,10H,9H2,1H3,(H,16,20)(H3,15,18,21)/t10-/m0/s1. The van der Waals surface area contributed by atoms with E-state index in [1.54, 1.807) is 17.8 Å². The number of urea groups is 1. The number of primary amides is 1. The molecule has 0 aliphatic heterocycles. The molecule has 7 heteroatoms. The Bertz CT molecular complexity index is 607. The second kappa shape index (κ2) is 6.56. The van der Waals surface area contributed by atoms with Crippen LogP contribution < -0.4 is 16.4 Å². The van der Waals surface area contributed by atoms with Crippen molar-refractivity contribution in [1.29, 1.82) is 0 Å². The Morgan fingerprint density at radius 1 is 1.33 bits per heavy atom. The minimum Gasteiger partial charge on any atom is -0.352 e. The van der Waals surface area contributed by atoms with Gasteiger partial charge >= 0.3 is 6.03 Å². The topological polar surface area (TPSA) is 102 Å². The van der Waals surface area contributed by atoms with Crippen LogP contribution in [-0.4, -0.2) is 27.8 Å². The summed E-state index contributed by atoms with van der Waals surface area (Å²) >= 11 is 0. The van der Waals surface area contributed by atoms with Crippen molar-refractivity contribution in [3.05, 3.63) is 48.3 Å². The molecule has 7 nitrogen and oxygen atoms in total. The lowest BCUT2D eigenvalue weighted by Crippen LogP contribution is -2.46.